The van der Waals surface area contributed by atoms with Gasteiger partial charge in [0.15, 0.2) is 0 Å². The van der Waals surface area contributed by atoms with E-state index < -0.39 is 0 Å². The van der Waals surface area contributed by atoms with Crippen molar-refractivity contribution in [1.29, 1.82) is 0 Å². The second-order valence-corrected chi connectivity index (χ2v) is 5.60. The van der Waals surface area contributed by atoms with Crippen molar-refractivity contribution in [3.63, 3.8) is 0 Å². The quantitative estimate of drug-likeness (QED) is 0.537. The Kier molecular flexibility index (Phi) is 5.90. The maximum atomic E-state index is 9.51. The minimum Gasteiger partial charge on any atom is -0.396 e. The van der Waals surface area contributed by atoms with E-state index in [-0.39, 0.29) is 36.3 Å². The molecule has 0 unspecified atom stereocenters. The highest BCUT2D eigenvalue weighted by Crippen LogP contribution is 2.53. The summed E-state index contributed by atoms with van der Waals surface area (Å²) in [6.45, 7) is 7.92. The summed E-state index contributed by atoms with van der Waals surface area (Å²) in [4.78, 5) is 0. The SMILES string of the molecule is CC1(C)C(O)C(C)(C)C1O.OCCCCO. The van der Waals surface area contributed by atoms with E-state index in [4.69, 9.17) is 10.2 Å². The molecule has 0 spiro atoms. The molecule has 0 radical (unpaired) electrons. The van der Waals surface area contributed by atoms with Gasteiger partial charge >= 0.3 is 0 Å². The summed E-state index contributed by atoms with van der Waals surface area (Å²) in [6.07, 6.45) is 0.678. The largest absolute Gasteiger partial charge is 0.396 e. The molecule has 4 N–H and O–H groups in total. The Hall–Kier alpha value is -0.160. The number of aliphatic hydroxyl groups excluding tert-OH is 4. The Morgan fingerprint density at radius 1 is 0.750 bits per heavy atom. The Morgan fingerprint density at radius 3 is 1.12 bits per heavy atom. The van der Waals surface area contributed by atoms with E-state index in [1.165, 1.54) is 0 Å². The summed E-state index contributed by atoms with van der Waals surface area (Å²) in [5.74, 6) is 0. The van der Waals surface area contributed by atoms with Gasteiger partial charge in [-0.2, -0.15) is 0 Å². The predicted molar refractivity (Wildman–Crippen MR) is 63.0 cm³/mol. The van der Waals surface area contributed by atoms with Crippen molar-refractivity contribution in [3.05, 3.63) is 0 Å². The molecular weight excluding hydrogens is 208 g/mol. The standard InChI is InChI=1S/C8H16O2.C4H10O2/c1-7(2)5(9)8(3,4)6(7)10;5-3-1-2-4-6/h5-6,9-10H,1-4H3;5-6H,1-4H2. The lowest BCUT2D eigenvalue weighted by atomic mass is 9.51. The molecule has 0 heterocycles. The molecule has 0 saturated heterocycles. The van der Waals surface area contributed by atoms with Gasteiger partial charge in [-0.25, -0.2) is 0 Å². The van der Waals surface area contributed by atoms with Crippen LogP contribution in [0.3, 0.4) is 0 Å². The lowest BCUT2D eigenvalue weighted by molar-refractivity contribution is -0.247. The fraction of sp³-hybridized carbons (Fsp3) is 1.00. The van der Waals surface area contributed by atoms with E-state index in [9.17, 15) is 10.2 Å². The molecule has 0 aromatic heterocycles. The van der Waals surface area contributed by atoms with Crippen molar-refractivity contribution >= 4 is 0 Å². The zero-order valence-electron chi connectivity index (χ0n) is 10.8. The van der Waals surface area contributed by atoms with Gasteiger partial charge in [0.2, 0.25) is 0 Å². The fourth-order valence-electron chi connectivity index (χ4n) is 2.34. The minimum absolute atomic E-state index is 0.195. The Balaban J connectivity index is 0.000000325. The molecule has 4 nitrogen and oxygen atoms in total. The maximum Gasteiger partial charge on any atom is 0.0691 e. The molecule has 1 aliphatic rings. The number of hydrogen-bond donors (Lipinski definition) is 4. The summed E-state index contributed by atoms with van der Waals surface area (Å²) in [5, 5.41) is 35.2. The Labute approximate surface area is 97.9 Å². The number of rotatable bonds is 3. The summed E-state index contributed by atoms with van der Waals surface area (Å²) in [5.41, 5.74) is -0.632. The van der Waals surface area contributed by atoms with Crippen molar-refractivity contribution in [2.24, 2.45) is 10.8 Å². The van der Waals surface area contributed by atoms with Crippen molar-refractivity contribution < 1.29 is 20.4 Å². The molecule has 1 aliphatic carbocycles. The normalized spacial score (nSPS) is 30.0. The highest BCUT2D eigenvalue weighted by molar-refractivity contribution is 5.09. The average Bonchev–Trinajstić information content (AvgIpc) is 2.24. The molecule has 0 atom stereocenters. The fourth-order valence-corrected chi connectivity index (χ4v) is 2.34. The first-order chi connectivity index (χ1) is 7.22. The second-order valence-electron chi connectivity index (χ2n) is 5.60. The topological polar surface area (TPSA) is 80.9 Å². The highest BCUT2D eigenvalue weighted by atomic mass is 16.3. The molecule has 16 heavy (non-hydrogen) atoms. The van der Waals surface area contributed by atoms with Gasteiger partial charge in [0, 0.05) is 24.0 Å². The van der Waals surface area contributed by atoms with Crippen LogP contribution in [0.5, 0.6) is 0 Å². The monoisotopic (exact) mass is 234 g/mol. The molecular formula is C12H26O4. The molecule has 4 heteroatoms. The van der Waals surface area contributed by atoms with Crippen LogP contribution < -0.4 is 0 Å². The predicted octanol–water partition coefficient (Wildman–Crippen LogP) is 0.525. The molecule has 0 bridgehead atoms. The van der Waals surface area contributed by atoms with Crippen LogP contribution in [0.25, 0.3) is 0 Å². The van der Waals surface area contributed by atoms with E-state index in [1.807, 2.05) is 27.7 Å². The van der Waals surface area contributed by atoms with E-state index in [1.54, 1.807) is 0 Å². The number of unbranched alkanes of at least 4 members (excludes halogenated alkanes) is 1. The van der Waals surface area contributed by atoms with Crippen molar-refractivity contribution in [2.45, 2.75) is 52.7 Å². The van der Waals surface area contributed by atoms with E-state index >= 15 is 0 Å². The van der Waals surface area contributed by atoms with Gasteiger partial charge in [-0.05, 0) is 12.8 Å². The first-order valence-electron chi connectivity index (χ1n) is 5.80. The van der Waals surface area contributed by atoms with Crippen LogP contribution in [0, 0.1) is 10.8 Å². The van der Waals surface area contributed by atoms with Gasteiger partial charge < -0.3 is 20.4 Å². The molecule has 0 aromatic carbocycles. The smallest absolute Gasteiger partial charge is 0.0691 e. The first kappa shape index (κ1) is 15.8. The van der Waals surface area contributed by atoms with Crippen LogP contribution in [0.4, 0.5) is 0 Å². The first-order valence-corrected chi connectivity index (χ1v) is 5.80. The second kappa shape index (κ2) is 5.96. The third-order valence-corrected chi connectivity index (χ3v) is 3.39. The van der Waals surface area contributed by atoms with E-state index in [0.717, 1.165) is 12.8 Å². The third-order valence-electron chi connectivity index (χ3n) is 3.39. The van der Waals surface area contributed by atoms with Crippen LogP contribution in [-0.4, -0.2) is 45.8 Å². The van der Waals surface area contributed by atoms with Crippen LogP contribution in [0.2, 0.25) is 0 Å². The summed E-state index contributed by atoms with van der Waals surface area (Å²) < 4.78 is 0. The highest BCUT2D eigenvalue weighted by Gasteiger charge is 2.60. The van der Waals surface area contributed by atoms with E-state index in [0.29, 0.717) is 0 Å². The van der Waals surface area contributed by atoms with Gasteiger partial charge in [-0.1, -0.05) is 27.7 Å². The van der Waals surface area contributed by atoms with Crippen LogP contribution in [0.1, 0.15) is 40.5 Å². The zero-order valence-corrected chi connectivity index (χ0v) is 10.8. The third kappa shape index (κ3) is 3.17. The number of hydrogen-bond acceptors (Lipinski definition) is 4. The molecule has 0 amide bonds. The van der Waals surface area contributed by atoms with E-state index in [2.05, 4.69) is 0 Å². The minimum atomic E-state index is -0.380. The van der Waals surface area contributed by atoms with Crippen LogP contribution >= 0.6 is 0 Å². The molecule has 1 fully saturated rings. The molecule has 0 aliphatic heterocycles. The van der Waals surface area contributed by atoms with Gasteiger partial charge in [0.1, 0.15) is 0 Å². The summed E-state index contributed by atoms with van der Waals surface area (Å²) >= 11 is 0. The van der Waals surface area contributed by atoms with Crippen molar-refractivity contribution in [1.82, 2.24) is 0 Å². The van der Waals surface area contributed by atoms with Crippen molar-refractivity contribution in [3.8, 4) is 0 Å². The Bertz CT molecular complexity index is 167. The molecule has 0 aromatic rings. The van der Waals surface area contributed by atoms with Crippen molar-refractivity contribution in [2.75, 3.05) is 13.2 Å². The Morgan fingerprint density at radius 2 is 1.00 bits per heavy atom. The zero-order chi connectivity index (χ0) is 13.0. The molecule has 1 saturated carbocycles. The number of aliphatic hydroxyl groups is 4. The summed E-state index contributed by atoms with van der Waals surface area (Å²) in [7, 11) is 0. The molecule has 1 rings (SSSR count). The maximum absolute atomic E-state index is 9.51. The van der Waals surface area contributed by atoms with Gasteiger partial charge in [0.25, 0.3) is 0 Å². The summed E-state index contributed by atoms with van der Waals surface area (Å²) in [6, 6.07) is 0. The van der Waals surface area contributed by atoms with Crippen LogP contribution in [-0.2, 0) is 0 Å². The van der Waals surface area contributed by atoms with Crippen LogP contribution in [0.15, 0.2) is 0 Å². The van der Waals surface area contributed by atoms with Gasteiger partial charge in [-0.15, -0.1) is 0 Å². The van der Waals surface area contributed by atoms with Gasteiger partial charge in [-0.3, -0.25) is 0 Å². The molecule has 98 valence electrons. The lowest BCUT2D eigenvalue weighted by Crippen LogP contribution is -2.67. The average molecular weight is 234 g/mol. The lowest BCUT2D eigenvalue weighted by Gasteiger charge is -2.59. The van der Waals surface area contributed by atoms with Gasteiger partial charge in [0.05, 0.1) is 12.2 Å².